The van der Waals surface area contributed by atoms with E-state index in [2.05, 4.69) is 20.4 Å². The van der Waals surface area contributed by atoms with Gasteiger partial charge < -0.3 is 22.9 Å². The van der Waals surface area contributed by atoms with Crippen LogP contribution in [0.1, 0.15) is 12.5 Å². The lowest BCUT2D eigenvalue weighted by Crippen LogP contribution is -2.23. The largest absolute Gasteiger partial charge is 0.369 e. The van der Waals surface area contributed by atoms with Crippen molar-refractivity contribution in [3.8, 4) is 0 Å². The van der Waals surface area contributed by atoms with E-state index in [1.54, 1.807) is 6.92 Å². The van der Waals surface area contributed by atoms with Crippen LogP contribution in [0.5, 0.6) is 0 Å². The van der Waals surface area contributed by atoms with Crippen LogP contribution in [0.25, 0.3) is 0 Å². The average molecular weight is 297 g/mol. The topological polar surface area (TPSA) is 154 Å². The second-order valence-electron chi connectivity index (χ2n) is 3.55. The number of halogens is 1. The first-order chi connectivity index (χ1) is 9.00. The lowest BCUT2D eigenvalue weighted by atomic mass is 10.1. The van der Waals surface area contributed by atoms with Crippen molar-refractivity contribution in [2.45, 2.75) is 6.92 Å². The highest BCUT2D eigenvalue weighted by atomic mass is 35.5. The first kappa shape index (κ1) is 17.4. The Bertz CT molecular complexity index is 539. The van der Waals surface area contributed by atoms with Crippen LogP contribution in [0.2, 0.25) is 0 Å². The molecular weight excluding hydrogens is 280 g/mol. The van der Waals surface area contributed by atoms with E-state index in [0.717, 1.165) is 5.56 Å². The summed E-state index contributed by atoms with van der Waals surface area (Å²) in [5.41, 5.74) is 22.7. The lowest BCUT2D eigenvalue weighted by molar-refractivity contribution is 1.18. The van der Waals surface area contributed by atoms with Crippen molar-refractivity contribution >= 4 is 35.7 Å². The van der Waals surface area contributed by atoms with Gasteiger partial charge in [0.05, 0.1) is 5.71 Å². The quantitative estimate of drug-likeness (QED) is 0.343. The molecule has 0 aliphatic carbocycles. The molecule has 0 aliphatic heterocycles. The van der Waals surface area contributed by atoms with Crippen LogP contribution in [0.4, 0.5) is 0 Å². The molecule has 0 saturated carbocycles. The van der Waals surface area contributed by atoms with Crippen molar-refractivity contribution in [2.24, 2.45) is 43.3 Å². The standard InChI is InChI=1S/C11H16N8.ClH/c1-7(16-18-10(12)13)9(17-19-11(14)15)8-5-3-2-4-6-8;/h2-6H,1H3,(H4,12,13,18)(H4,14,15,19);1H/b16-7+,17-9-;. The van der Waals surface area contributed by atoms with Crippen LogP contribution in [-0.4, -0.2) is 23.3 Å². The van der Waals surface area contributed by atoms with E-state index in [1.165, 1.54) is 0 Å². The molecule has 0 fully saturated rings. The molecule has 0 aromatic heterocycles. The second-order valence-corrected chi connectivity index (χ2v) is 3.55. The predicted octanol–water partition coefficient (Wildman–Crippen LogP) is -0.265. The molecule has 8 nitrogen and oxygen atoms in total. The first-order valence-corrected chi connectivity index (χ1v) is 5.36. The molecule has 1 aromatic rings. The van der Waals surface area contributed by atoms with E-state index in [9.17, 15) is 0 Å². The normalized spacial score (nSPS) is 11.2. The summed E-state index contributed by atoms with van der Waals surface area (Å²) in [6, 6.07) is 9.28. The second kappa shape index (κ2) is 8.48. The fourth-order valence-electron chi connectivity index (χ4n) is 1.22. The summed E-state index contributed by atoms with van der Waals surface area (Å²) in [7, 11) is 0. The summed E-state index contributed by atoms with van der Waals surface area (Å²) < 4.78 is 0. The number of guanidine groups is 2. The molecule has 20 heavy (non-hydrogen) atoms. The Kier molecular flexibility index (Phi) is 7.38. The van der Waals surface area contributed by atoms with Crippen molar-refractivity contribution in [2.75, 3.05) is 0 Å². The summed E-state index contributed by atoms with van der Waals surface area (Å²) in [5, 5.41) is 15.0. The molecule has 1 rings (SSSR count). The van der Waals surface area contributed by atoms with Crippen molar-refractivity contribution in [1.29, 1.82) is 0 Å². The monoisotopic (exact) mass is 296 g/mol. The van der Waals surface area contributed by atoms with Crippen LogP contribution < -0.4 is 22.9 Å². The van der Waals surface area contributed by atoms with Crippen LogP contribution in [0.15, 0.2) is 50.7 Å². The minimum Gasteiger partial charge on any atom is -0.369 e. The molecule has 0 unspecified atom stereocenters. The SMILES string of the molecule is CC(=N\N=C(N)N)/C(=N/N=C(N)N)c1ccccc1.Cl. The zero-order chi connectivity index (χ0) is 14.3. The van der Waals surface area contributed by atoms with Gasteiger partial charge >= 0.3 is 0 Å². The number of rotatable bonds is 4. The summed E-state index contributed by atoms with van der Waals surface area (Å²) in [5.74, 6) is -0.295. The Hall–Kier alpha value is -2.61. The summed E-state index contributed by atoms with van der Waals surface area (Å²) in [6.07, 6.45) is 0. The van der Waals surface area contributed by atoms with E-state index in [4.69, 9.17) is 22.9 Å². The van der Waals surface area contributed by atoms with Gasteiger partial charge in [0.2, 0.25) is 11.9 Å². The van der Waals surface area contributed by atoms with Crippen LogP contribution in [0.3, 0.4) is 0 Å². The van der Waals surface area contributed by atoms with Crippen molar-refractivity contribution in [3.05, 3.63) is 35.9 Å². The predicted molar refractivity (Wildman–Crippen MR) is 85.0 cm³/mol. The van der Waals surface area contributed by atoms with Crippen LogP contribution >= 0.6 is 12.4 Å². The van der Waals surface area contributed by atoms with Gasteiger partial charge in [-0.2, -0.15) is 0 Å². The van der Waals surface area contributed by atoms with Gasteiger partial charge in [0.15, 0.2) is 0 Å². The van der Waals surface area contributed by atoms with Crippen molar-refractivity contribution in [1.82, 2.24) is 0 Å². The molecule has 0 amide bonds. The van der Waals surface area contributed by atoms with Crippen molar-refractivity contribution < 1.29 is 0 Å². The van der Waals surface area contributed by atoms with Gasteiger partial charge in [0.1, 0.15) is 5.71 Å². The maximum absolute atomic E-state index is 5.25. The Morgan fingerprint density at radius 1 is 0.800 bits per heavy atom. The molecule has 0 aliphatic rings. The summed E-state index contributed by atoms with van der Waals surface area (Å²) in [6.45, 7) is 1.69. The van der Waals surface area contributed by atoms with Gasteiger partial charge in [-0.15, -0.1) is 32.8 Å². The molecule has 108 valence electrons. The maximum Gasteiger partial charge on any atom is 0.211 e. The van der Waals surface area contributed by atoms with Gasteiger partial charge in [-0.05, 0) is 6.92 Å². The highest BCUT2D eigenvalue weighted by Crippen LogP contribution is 2.04. The van der Waals surface area contributed by atoms with Gasteiger partial charge in [0, 0.05) is 5.56 Å². The molecule has 8 N–H and O–H groups in total. The third kappa shape index (κ3) is 5.83. The molecule has 0 heterocycles. The van der Waals surface area contributed by atoms with Gasteiger partial charge in [-0.1, -0.05) is 30.3 Å². The highest BCUT2D eigenvalue weighted by molar-refractivity contribution is 6.47. The first-order valence-electron chi connectivity index (χ1n) is 5.36. The highest BCUT2D eigenvalue weighted by Gasteiger charge is 2.07. The average Bonchev–Trinajstić information content (AvgIpc) is 2.37. The lowest BCUT2D eigenvalue weighted by Gasteiger charge is -2.03. The molecule has 0 spiro atoms. The molecular formula is C11H17ClN8. The molecule has 0 radical (unpaired) electrons. The summed E-state index contributed by atoms with van der Waals surface area (Å²) >= 11 is 0. The zero-order valence-electron chi connectivity index (χ0n) is 10.9. The van der Waals surface area contributed by atoms with E-state index in [-0.39, 0.29) is 24.3 Å². The minimum atomic E-state index is -0.150. The molecule has 0 atom stereocenters. The third-order valence-corrected chi connectivity index (χ3v) is 1.97. The minimum absolute atomic E-state index is 0. The van der Waals surface area contributed by atoms with Crippen molar-refractivity contribution in [3.63, 3.8) is 0 Å². The molecule has 0 bridgehead atoms. The smallest absolute Gasteiger partial charge is 0.211 e. The fourth-order valence-corrected chi connectivity index (χ4v) is 1.22. The summed E-state index contributed by atoms with van der Waals surface area (Å²) in [4.78, 5) is 0. The van der Waals surface area contributed by atoms with Crippen LogP contribution in [0, 0.1) is 0 Å². The number of nitrogens with two attached hydrogens (primary N) is 4. The third-order valence-electron chi connectivity index (χ3n) is 1.97. The number of hydrogen-bond donors (Lipinski definition) is 4. The Morgan fingerprint density at radius 3 is 1.80 bits per heavy atom. The van der Waals surface area contributed by atoms with Crippen LogP contribution in [-0.2, 0) is 0 Å². The van der Waals surface area contributed by atoms with E-state index < -0.39 is 0 Å². The van der Waals surface area contributed by atoms with Gasteiger partial charge in [0.25, 0.3) is 0 Å². The Labute approximate surface area is 122 Å². The number of hydrogen-bond acceptors (Lipinski definition) is 4. The molecule has 9 heteroatoms. The van der Waals surface area contributed by atoms with Gasteiger partial charge in [-0.3, -0.25) is 0 Å². The number of nitrogens with zero attached hydrogens (tertiary/aromatic N) is 4. The van der Waals surface area contributed by atoms with Gasteiger partial charge in [-0.25, -0.2) is 0 Å². The Morgan fingerprint density at radius 2 is 1.30 bits per heavy atom. The number of benzene rings is 1. The zero-order valence-corrected chi connectivity index (χ0v) is 11.7. The fraction of sp³-hybridized carbons (Fsp3) is 0.0909. The maximum atomic E-state index is 5.25. The molecule has 1 aromatic carbocycles. The Balaban J connectivity index is 0.00000361. The van der Waals surface area contributed by atoms with E-state index >= 15 is 0 Å². The van der Waals surface area contributed by atoms with E-state index in [1.807, 2.05) is 30.3 Å². The molecule has 0 saturated heterocycles. The van der Waals surface area contributed by atoms with E-state index in [0.29, 0.717) is 11.4 Å².